The highest BCUT2D eigenvalue weighted by atomic mass is 32.1. The Bertz CT molecular complexity index is 779. The molecular formula is C16H18N4OS. The summed E-state index contributed by atoms with van der Waals surface area (Å²) in [4.78, 5) is 25.4. The number of aromatic amines is 1. The number of aromatic nitrogens is 3. The first kappa shape index (κ1) is 14.7. The number of amides is 1. The predicted octanol–water partition coefficient (Wildman–Crippen LogP) is 3.46. The Hall–Kier alpha value is -2.21. The highest BCUT2D eigenvalue weighted by Crippen LogP contribution is 2.25. The van der Waals surface area contributed by atoms with Crippen LogP contribution < -0.4 is 5.32 Å². The predicted molar refractivity (Wildman–Crippen MR) is 89.0 cm³/mol. The minimum Gasteiger partial charge on any atom is -0.352 e. The number of carbonyl (C=O) groups is 1. The van der Waals surface area contributed by atoms with E-state index in [4.69, 9.17) is 0 Å². The molecule has 0 spiro atoms. The molecule has 114 valence electrons. The quantitative estimate of drug-likeness (QED) is 0.757. The maximum Gasteiger partial charge on any atom is 0.253 e. The lowest BCUT2D eigenvalue weighted by Gasteiger charge is -2.10. The number of imidazole rings is 1. The number of fused-ring (bicyclic) bond motifs is 1. The minimum atomic E-state index is -0.0888. The van der Waals surface area contributed by atoms with E-state index in [9.17, 15) is 4.79 Å². The van der Waals surface area contributed by atoms with Crippen LogP contribution in [0, 0.1) is 5.92 Å². The van der Waals surface area contributed by atoms with Crippen LogP contribution in [0.15, 0.2) is 29.8 Å². The number of nitrogens with zero attached hydrogens (tertiary/aromatic N) is 2. The zero-order chi connectivity index (χ0) is 15.5. The molecule has 0 aliphatic rings. The van der Waals surface area contributed by atoms with E-state index in [1.807, 2.05) is 17.5 Å². The monoisotopic (exact) mass is 314 g/mol. The Morgan fingerprint density at radius 2 is 2.32 bits per heavy atom. The van der Waals surface area contributed by atoms with Crippen molar-refractivity contribution >= 4 is 28.4 Å². The lowest BCUT2D eigenvalue weighted by atomic mass is 10.1. The molecule has 0 aromatic carbocycles. The largest absolute Gasteiger partial charge is 0.352 e. The van der Waals surface area contributed by atoms with Gasteiger partial charge in [0.25, 0.3) is 5.91 Å². The number of carbonyl (C=O) groups excluding carboxylic acids is 1. The number of hydrogen-bond donors (Lipinski definition) is 2. The van der Waals surface area contributed by atoms with Crippen molar-refractivity contribution in [3.8, 4) is 10.7 Å². The molecule has 0 aliphatic carbocycles. The van der Waals surface area contributed by atoms with E-state index in [2.05, 4.69) is 34.1 Å². The second-order valence-electron chi connectivity index (χ2n) is 5.34. The third-order valence-corrected chi connectivity index (χ3v) is 4.58. The van der Waals surface area contributed by atoms with Crippen molar-refractivity contribution in [2.75, 3.05) is 6.54 Å². The first-order valence-electron chi connectivity index (χ1n) is 7.35. The molecule has 22 heavy (non-hydrogen) atoms. The van der Waals surface area contributed by atoms with Gasteiger partial charge in [-0.2, -0.15) is 0 Å². The van der Waals surface area contributed by atoms with Crippen LogP contribution in [0.4, 0.5) is 0 Å². The summed E-state index contributed by atoms with van der Waals surface area (Å²) in [5.74, 6) is 1.12. The van der Waals surface area contributed by atoms with Crippen molar-refractivity contribution in [3.63, 3.8) is 0 Å². The Labute approximate surface area is 132 Å². The average molecular weight is 314 g/mol. The summed E-state index contributed by atoms with van der Waals surface area (Å²) in [5.41, 5.74) is 1.84. The van der Waals surface area contributed by atoms with E-state index in [0.29, 0.717) is 29.2 Å². The molecule has 3 aromatic rings. The van der Waals surface area contributed by atoms with Crippen molar-refractivity contribution in [2.24, 2.45) is 5.92 Å². The van der Waals surface area contributed by atoms with E-state index in [1.54, 1.807) is 23.6 Å². The average Bonchev–Trinajstić information content (AvgIpc) is 3.19. The molecule has 5 nitrogen and oxygen atoms in total. The minimum absolute atomic E-state index is 0.0888. The zero-order valence-corrected chi connectivity index (χ0v) is 13.4. The molecule has 1 atom stereocenters. The van der Waals surface area contributed by atoms with Crippen LogP contribution in [0.2, 0.25) is 0 Å². The van der Waals surface area contributed by atoms with Gasteiger partial charge in [-0.25, -0.2) is 9.97 Å². The lowest BCUT2D eigenvalue weighted by molar-refractivity contribution is 0.0949. The van der Waals surface area contributed by atoms with E-state index < -0.39 is 0 Å². The Morgan fingerprint density at radius 3 is 3.05 bits per heavy atom. The van der Waals surface area contributed by atoms with Gasteiger partial charge in [0.1, 0.15) is 0 Å². The molecule has 0 aliphatic heterocycles. The van der Waals surface area contributed by atoms with Crippen LogP contribution in [-0.4, -0.2) is 27.4 Å². The van der Waals surface area contributed by atoms with Crippen molar-refractivity contribution in [1.82, 2.24) is 20.3 Å². The van der Waals surface area contributed by atoms with Gasteiger partial charge >= 0.3 is 0 Å². The third-order valence-electron chi connectivity index (χ3n) is 3.70. The van der Waals surface area contributed by atoms with Crippen molar-refractivity contribution in [1.29, 1.82) is 0 Å². The summed E-state index contributed by atoms with van der Waals surface area (Å²) in [7, 11) is 0. The van der Waals surface area contributed by atoms with Gasteiger partial charge in [-0.1, -0.05) is 26.3 Å². The van der Waals surface area contributed by atoms with E-state index >= 15 is 0 Å². The van der Waals surface area contributed by atoms with Crippen LogP contribution in [0.5, 0.6) is 0 Å². The summed E-state index contributed by atoms with van der Waals surface area (Å²) >= 11 is 1.60. The van der Waals surface area contributed by atoms with Gasteiger partial charge in [-0.3, -0.25) is 4.79 Å². The molecule has 1 amide bonds. The zero-order valence-electron chi connectivity index (χ0n) is 12.6. The summed E-state index contributed by atoms with van der Waals surface area (Å²) in [6, 6.07) is 5.69. The van der Waals surface area contributed by atoms with Crippen LogP contribution in [0.1, 0.15) is 30.6 Å². The molecule has 1 unspecified atom stereocenters. The van der Waals surface area contributed by atoms with Gasteiger partial charge in [-0.05, 0) is 23.4 Å². The first-order valence-corrected chi connectivity index (χ1v) is 8.23. The SMILES string of the molecule is CCC(C)CNC(=O)c1ccnc2nc(-c3cccs3)[nH]c12. The Kier molecular flexibility index (Phi) is 4.20. The van der Waals surface area contributed by atoms with Gasteiger partial charge < -0.3 is 10.3 Å². The van der Waals surface area contributed by atoms with Crippen molar-refractivity contribution in [2.45, 2.75) is 20.3 Å². The smallest absolute Gasteiger partial charge is 0.253 e. The molecule has 0 bridgehead atoms. The molecule has 3 heterocycles. The highest BCUT2D eigenvalue weighted by molar-refractivity contribution is 7.13. The summed E-state index contributed by atoms with van der Waals surface area (Å²) < 4.78 is 0. The van der Waals surface area contributed by atoms with Gasteiger partial charge in [0.15, 0.2) is 11.5 Å². The number of rotatable bonds is 5. The third kappa shape index (κ3) is 2.87. The summed E-state index contributed by atoms with van der Waals surface area (Å²) in [6.45, 7) is 4.91. The first-order chi connectivity index (χ1) is 10.7. The summed E-state index contributed by atoms with van der Waals surface area (Å²) in [5, 5.41) is 4.97. The number of nitrogens with one attached hydrogen (secondary N) is 2. The van der Waals surface area contributed by atoms with E-state index in [0.717, 1.165) is 17.1 Å². The van der Waals surface area contributed by atoms with Gasteiger partial charge in [0, 0.05) is 12.7 Å². The van der Waals surface area contributed by atoms with Gasteiger partial charge in [-0.15, -0.1) is 11.3 Å². The number of H-pyrrole nitrogens is 1. The molecule has 0 fully saturated rings. The van der Waals surface area contributed by atoms with E-state index in [-0.39, 0.29) is 5.91 Å². The van der Waals surface area contributed by atoms with Gasteiger partial charge in [0.2, 0.25) is 0 Å². The molecular weight excluding hydrogens is 296 g/mol. The Morgan fingerprint density at radius 1 is 1.45 bits per heavy atom. The van der Waals surface area contributed by atoms with Crippen molar-refractivity contribution in [3.05, 3.63) is 35.3 Å². The fraction of sp³-hybridized carbons (Fsp3) is 0.312. The second kappa shape index (κ2) is 6.27. The highest BCUT2D eigenvalue weighted by Gasteiger charge is 2.15. The standard InChI is InChI=1S/C16H18N4OS/c1-3-10(2)9-18-16(21)11-6-7-17-15-13(11)19-14(20-15)12-5-4-8-22-12/h4-8,10H,3,9H2,1-2H3,(H,18,21)(H,17,19,20). The maximum absolute atomic E-state index is 12.4. The normalized spacial score (nSPS) is 12.5. The van der Waals surface area contributed by atoms with Crippen molar-refractivity contribution < 1.29 is 4.79 Å². The lowest BCUT2D eigenvalue weighted by Crippen LogP contribution is -2.28. The number of pyridine rings is 1. The van der Waals surface area contributed by atoms with Gasteiger partial charge in [0.05, 0.1) is 16.0 Å². The topological polar surface area (TPSA) is 70.7 Å². The number of thiophene rings is 1. The molecule has 6 heteroatoms. The molecule has 2 N–H and O–H groups in total. The fourth-order valence-corrected chi connectivity index (χ4v) is 2.81. The molecule has 3 rings (SSSR count). The molecule has 0 saturated carbocycles. The van der Waals surface area contributed by atoms with E-state index in [1.165, 1.54) is 0 Å². The number of hydrogen-bond acceptors (Lipinski definition) is 4. The van der Waals surface area contributed by atoms with Crippen LogP contribution in [0.25, 0.3) is 21.9 Å². The molecule has 0 radical (unpaired) electrons. The fourth-order valence-electron chi connectivity index (χ4n) is 2.14. The molecule has 3 aromatic heterocycles. The van der Waals surface area contributed by atoms with Crippen LogP contribution in [0.3, 0.4) is 0 Å². The van der Waals surface area contributed by atoms with Crippen LogP contribution >= 0.6 is 11.3 Å². The molecule has 0 saturated heterocycles. The Balaban J connectivity index is 1.91. The maximum atomic E-state index is 12.4. The van der Waals surface area contributed by atoms with Crippen LogP contribution in [-0.2, 0) is 0 Å². The summed E-state index contributed by atoms with van der Waals surface area (Å²) in [6.07, 6.45) is 2.66. The second-order valence-corrected chi connectivity index (χ2v) is 6.29.